The molecule has 19 heavy (non-hydrogen) atoms. The van der Waals surface area contributed by atoms with Gasteiger partial charge < -0.3 is 10.4 Å². The number of nitrogens with one attached hydrogen (secondary N) is 1. The quantitative estimate of drug-likeness (QED) is 0.793. The maximum Gasteiger partial charge on any atom is 0.252 e. The number of rotatable bonds is 6. The molecule has 106 valence electrons. The number of carbonyl (C=O) groups is 1. The Balaban J connectivity index is 2.89. The van der Waals surface area contributed by atoms with E-state index in [9.17, 15) is 4.79 Å². The van der Waals surface area contributed by atoms with Gasteiger partial charge in [-0.3, -0.25) is 4.79 Å². The molecule has 0 aliphatic carbocycles. The molecule has 0 saturated carbocycles. The predicted molar refractivity (Wildman–Crippen MR) is 81.0 cm³/mol. The summed E-state index contributed by atoms with van der Waals surface area (Å²) in [6.07, 6.45) is 0. The van der Waals surface area contributed by atoms with Crippen LogP contribution >= 0.6 is 23.4 Å². The molecule has 0 bridgehead atoms. The van der Waals surface area contributed by atoms with E-state index in [4.69, 9.17) is 16.7 Å². The summed E-state index contributed by atoms with van der Waals surface area (Å²) in [6, 6.07) is 5.25. The third-order valence-corrected chi connectivity index (χ3v) is 4.18. The zero-order valence-electron chi connectivity index (χ0n) is 11.4. The van der Waals surface area contributed by atoms with Crippen LogP contribution in [-0.4, -0.2) is 29.4 Å². The minimum absolute atomic E-state index is 0.0189. The summed E-state index contributed by atoms with van der Waals surface area (Å²) >= 11 is 7.57. The predicted octanol–water partition coefficient (Wildman–Crippen LogP) is 3.20. The number of hydrogen-bond acceptors (Lipinski definition) is 3. The fourth-order valence-corrected chi connectivity index (χ4v) is 2.50. The fraction of sp³-hybridized carbons (Fsp3) is 0.500. The smallest absolute Gasteiger partial charge is 0.252 e. The number of aliphatic hydroxyl groups excluding tert-OH is 1. The lowest BCUT2D eigenvalue weighted by Crippen LogP contribution is -2.38. The van der Waals surface area contributed by atoms with Gasteiger partial charge in [-0.15, -0.1) is 11.8 Å². The molecule has 1 aromatic rings. The highest BCUT2D eigenvalue weighted by Crippen LogP contribution is 2.25. The highest BCUT2D eigenvalue weighted by Gasteiger charge is 2.17. The van der Waals surface area contributed by atoms with E-state index < -0.39 is 0 Å². The van der Waals surface area contributed by atoms with Gasteiger partial charge in [0.1, 0.15) is 0 Å². The average molecular weight is 302 g/mol. The Morgan fingerprint density at radius 2 is 2.16 bits per heavy atom. The van der Waals surface area contributed by atoms with Gasteiger partial charge in [0.15, 0.2) is 0 Å². The van der Waals surface area contributed by atoms with Crippen molar-refractivity contribution in [1.82, 2.24) is 5.32 Å². The zero-order valence-corrected chi connectivity index (χ0v) is 13.0. The van der Waals surface area contributed by atoms with Crippen molar-refractivity contribution < 1.29 is 9.90 Å². The Bertz CT molecular complexity index is 439. The second-order valence-corrected chi connectivity index (χ2v) is 6.24. The van der Waals surface area contributed by atoms with Gasteiger partial charge in [0.25, 0.3) is 5.91 Å². The lowest BCUT2D eigenvalue weighted by Gasteiger charge is -2.20. The van der Waals surface area contributed by atoms with E-state index in [1.54, 1.807) is 23.9 Å². The van der Waals surface area contributed by atoms with E-state index in [2.05, 4.69) is 5.32 Å². The first-order valence-electron chi connectivity index (χ1n) is 6.33. The van der Waals surface area contributed by atoms with Crippen molar-refractivity contribution in [2.75, 3.05) is 12.4 Å². The van der Waals surface area contributed by atoms with Gasteiger partial charge >= 0.3 is 0 Å². The molecule has 3 nitrogen and oxygen atoms in total. The number of carbonyl (C=O) groups excluding carboxylic acids is 1. The largest absolute Gasteiger partial charge is 0.396 e. The van der Waals surface area contributed by atoms with Crippen LogP contribution < -0.4 is 5.32 Å². The van der Waals surface area contributed by atoms with E-state index in [0.29, 0.717) is 10.6 Å². The molecule has 2 atom stereocenters. The minimum atomic E-state index is -0.147. The van der Waals surface area contributed by atoms with Crippen molar-refractivity contribution >= 4 is 29.3 Å². The summed E-state index contributed by atoms with van der Waals surface area (Å²) < 4.78 is 0. The van der Waals surface area contributed by atoms with Gasteiger partial charge in [-0.2, -0.15) is 0 Å². The normalized spacial score (nSPS) is 13.9. The third-order valence-electron chi connectivity index (χ3n) is 2.99. The van der Waals surface area contributed by atoms with Gasteiger partial charge in [0.2, 0.25) is 0 Å². The second kappa shape index (κ2) is 7.78. The lowest BCUT2D eigenvalue weighted by molar-refractivity contribution is 0.0913. The number of halogens is 1. The first-order valence-corrected chi connectivity index (χ1v) is 7.70. The van der Waals surface area contributed by atoms with E-state index in [1.807, 2.05) is 26.8 Å². The van der Waals surface area contributed by atoms with Crippen molar-refractivity contribution in [2.45, 2.75) is 31.7 Å². The van der Waals surface area contributed by atoms with E-state index in [0.717, 1.165) is 10.6 Å². The van der Waals surface area contributed by atoms with Crippen LogP contribution in [-0.2, 0) is 0 Å². The highest BCUT2D eigenvalue weighted by atomic mass is 35.5. The molecule has 2 N–H and O–H groups in total. The van der Waals surface area contributed by atoms with Crippen LogP contribution in [0.2, 0.25) is 5.02 Å². The van der Waals surface area contributed by atoms with Crippen LogP contribution in [0.5, 0.6) is 0 Å². The molecule has 0 spiro atoms. The van der Waals surface area contributed by atoms with Gasteiger partial charge in [-0.1, -0.05) is 25.4 Å². The van der Waals surface area contributed by atoms with Crippen LogP contribution in [0.25, 0.3) is 0 Å². The van der Waals surface area contributed by atoms with E-state index in [1.165, 1.54) is 0 Å². The van der Waals surface area contributed by atoms with Crippen molar-refractivity contribution in [2.24, 2.45) is 5.92 Å². The molecule has 1 rings (SSSR count). The number of benzene rings is 1. The maximum atomic E-state index is 12.3. The first kappa shape index (κ1) is 16.3. The Hall–Kier alpha value is -0.710. The van der Waals surface area contributed by atoms with E-state index in [-0.39, 0.29) is 24.5 Å². The van der Waals surface area contributed by atoms with Gasteiger partial charge in [0.05, 0.1) is 5.56 Å². The number of aliphatic hydroxyl groups is 1. The molecule has 0 fully saturated rings. The Labute approximate surface area is 123 Å². The molecule has 0 aliphatic heterocycles. The van der Waals surface area contributed by atoms with Crippen LogP contribution in [0.3, 0.4) is 0 Å². The molecule has 0 saturated heterocycles. The average Bonchev–Trinajstić information content (AvgIpc) is 2.39. The first-order chi connectivity index (χ1) is 8.99. The Morgan fingerprint density at radius 3 is 2.74 bits per heavy atom. The number of amides is 1. The number of thioether (sulfide) groups is 1. The molecule has 0 heterocycles. The topological polar surface area (TPSA) is 49.3 Å². The summed E-state index contributed by atoms with van der Waals surface area (Å²) in [7, 11) is 0. The SMILES string of the molecule is CCSc1ccc(Cl)cc1C(=O)NC(C)C(C)CO. The summed E-state index contributed by atoms with van der Waals surface area (Å²) in [5.74, 6) is 0.765. The second-order valence-electron chi connectivity index (χ2n) is 4.50. The van der Waals surface area contributed by atoms with Crippen LogP contribution in [0, 0.1) is 5.92 Å². The molecule has 5 heteroatoms. The molecule has 1 aromatic carbocycles. The summed E-state index contributed by atoms with van der Waals surface area (Å²) in [6.45, 7) is 5.87. The molecule has 1 amide bonds. The van der Waals surface area contributed by atoms with Gasteiger partial charge in [-0.25, -0.2) is 0 Å². The monoisotopic (exact) mass is 301 g/mol. The van der Waals surface area contributed by atoms with Crippen molar-refractivity contribution in [1.29, 1.82) is 0 Å². The Kier molecular flexibility index (Phi) is 6.69. The van der Waals surface area contributed by atoms with Crippen molar-refractivity contribution in [3.05, 3.63) is 28.8 Å². The van der Waals surface area contributed by atoms with Crippen LogP contribution in [0.1, 0.15) is 31.1 Å². The molecular weight excluding hydrogens is 282 g/mol. The van der Waals surface area contributed by atoms with Crippen LogP contribution in [0.4, 0.5) is 0 Å². The molecule has 0 radical (unpaired) electrons. The summed E-state index contributed by atoms with van der Waals surface area (Å²) in [5.41, 5.74) is 0.594. The number of hydrogen-bond donors (Lipinski definition) is 2. The molecular formula is C14H20ClNO2S. The zero-order chi connectivity index (χ0) is 14.4. The molecule has 0 aliphatic rings. The Morgan fingerprint density at radius 1 is 1.47 bits per heavy atom. The third kappa shape index (κ3) is 4.71. The molecule has 2 unspecified atom stereocenters. The summed E-state index contributed by atoms with van der Waals surface area (Å²) in [4.78, 5) is 13.2. The standard InChI is InChI=1S/C14H20ClNO2S/c1-4-19-13-6-5-11(15)7-12(13)14(18)16-10(3)9(2)8-17/h5-7,9-10,17H,4,8H2,1-3H3,(H,16,18). The fourth-order valence-electron chi connectivity index (χ4n) is 1.55. The van der Waals surface area contributed by atoms with E-state index >= 15 is 0 Å². The van der Waals surface area contributed by atoms with Crippen LogP contribution in [0.15, 0.2) is 23.1 Å². The van der Waals surface area contributed by atoms with Crippen molar-refractivity contribution in [3.63, 3.8) is 0 Å². The maximum absolute atomic E-state index is 12.3. The summed E-state index contributed by atoms with van der Waals surface area (Å²) in [5, 5.41) is 12.5. The highest BCUT2D eigenvalue weighted by molar-refractivity contribution is 7.99. The van der Waals surface area contributed by atoms with Gasteiger partial charge in [0, 0.05) is 22.6 Å². The van der Waals surface area contributed by atoms with Crippen molar-refractivity contribution in [3.8, 4) is 0 Å². The minimum Gasteiger partial charge on any atom is -0.396 e. The lowest BCUT2D eigenvalue weighted by atomic mass is 10.0. The molecule has 0 aromatic heterocycles. The van der Waals surface area contributed by atoms with Gasteiger partial charge in [-0.05, 0) is 36.8 Å².